The minimum absolute atomic E-state index is 0.0525. The molecular weight excluding hydrogens is 292 g/mol. The number of carboxylic acids is 1. The Bertz CT molecular complexity index is 595. The van der Waals surface area contributed by atoms with Crippen molar-refractivity contribution in [3.8, 4) is 0 Å². The lowest BCUT2D eigenvalue weighted by Crippen LogP contribution is -2.51. The molecule has 1 aromatic rings. The topological polar surface area (TPSA) is 119 Å². The van der Waals surface area contributed by atoms with E-state index in [0.717, 1.165) is 0 Å². The first-order valence-electron chi connectivity index (χ1n) is 6.74. The van der Waals surface area contributed by atoms with Crippen LogP contribution >= 0.6 is 0 Å². The van der Waals surface area contributed by atoms with Crippen molar-refractivity contribution in [2.24, 2.45) is 0 Å². The lowest BCUT2D eigenvalue weighted by atomic mass is 9.94. The van der Waals surface area contributed by atoms with Crippen molar-refractivity contribution in [3.63, 3.8) is 0 Å². The molecule has 118 valence electrons. The van der Waals surface area contributed by atoms with Gasteiger partial charge in [0, 0.05) is 18.7 Å². The normalized spacial score (nSPS) is 20.5. The molecule has 1 saturated heterocycles. The van der Waals surface area contributed by atoms with E-state index in [-0.39, 0.29) is 31.0 Å². The van der Waals surface area contributed by atoms with Gasteiger partial charge in [0.05, 0.1) is 29.9 Å². The number of non-ortho nitro benzene ring substituents is 1. The van der Waals surface area contributed by atoms with Crippen LogP contribution in [0.2, 0.25) is 0 Å². The number of nitro benzene ring substituents is 1. The van der Waals surface area contributed by atoms with Gasteiger partial charge in [-0.05, 0) is 12.0 Å². The molecule has 1 aliphatic rings. The molecule has 2 rings (SSSR count). The number of carbonyl (C=O) groups is 2. The van der Waals surface area contributed by atoms with Crippen LogP contribution in [0, 0.1) is 10.1 Å². The van der Waals surface area contributed by atoms with E-state index in [1.807, 2.05) is 0 Å². The number of nitro groups is 1. The maximum Gasteiger partial charge on any atom is 0.305 e. The lowest BCUT2D eigenvalue weighted by molar-refractivity contribution is -0.384. The minimum Gasteiger partial charge on any atom is -0.481 e. The van der Waals surface area contributed by atoms with Crippen molar-refractivity contribution in [1.82, 2.24) is 5.32 Å². The Hall–Kier alpha value is -2.48. The lowest BCUT2D eigenvalue weighted by Gasteiger charge is -2.27. The molecule has 0 spiro atoms. The number of aliphatic carboxylic acids is 1. The predicted octanol–water partition coefficient (Wildman–Crippen LogP) is 0.887. The van der Waals surface area contributed by atoms with Crippen molar-refractivity contribution >= 4 is 17.6 Å². The van der Waals surface area contributed by atoms with Gasteiger partial charge in [-0.15, -0.1) is 0 Å². The first-order valence-corrected chi connectivity index (χ1v) is 6.74. The zero-order valence-corrected chi connectivity index (χ0v) is 11.8. The van der Waals surface area contributed by atoms with Gasteiger partial charge >= 0.3 is 5.97 Å². The van der Waals surface area contributed by atoms with E-state index in [4.69, 9.17) is 9.84 Å². The molecular formula is C14H16N2O6. The van der Waals surface area contributed by atoms with Crippen LogP contribution in [0.3, 0.4) is 0 Å². The molecule has 1 aromatic carbocycles. The molecule has 0 bridgehead atoms. The molecule has 2 N–H and O–H groups in total. The van der Waals surface area contributed by atoms with Gasteiger partial charge in [0.2, 0.25) is 5.91 Å². The zero-order valence-electron chi connectivity index (χ0n) is 11.8. The highest BCUT2D eigenvalue weighted by Crippen LogP contribution is 2.23. The fourth-order valence-corrected chi connectivity index (χ4v) is 2.48. The number of benzene rings is 1. The molecule has 1 amide bonds. The van der Waals surface area contributed by atoms with Crippen molar-refractivity contribution in [1.29, 1.82) is 0 Å². The summed E-state index contributed by atoms with van der Waals surface area (Å²) in [6.45, 7) is 0.546. The number of nitrogens with zero attached hydrogens (tertiary/aromatic N) is 1. The van der Waals surface area contributed by atoms with Gasteiger partial charge in [-0.1, -0.05) is 12.1 Å². The Balaban J connectivity index is 2.04. The van der Waals surface area contributed by atoms with E-state index >= 15 is 0 Å². The van der Waals surface area contributed by atoms with Crippen LogP contribution in [0.5, 0.6) is 0 Å². The van der Waals surface area contributed by atoms with Crippen LogP contribution in [-0.4, -0.2) is 40.7 Å². The molecule has 1 atom stereocenters. The predicted molar refractivity (Wildman–Crippen MR) is 75.4 cm³/mol. The maximum atomic E-state index is 12.1. The summed E-state index contributed by atoms with van der Waals surface area (Å²) in [6.07, 6.45) is 0.163. The van der Waals surface area contributed by atoms with Crippen molar-refractivity contribution in [2.75, 3.05) is 13.2 Å². The summed E-state index contributed by atoms with van der Waals surface area (Å²) in [6, 6.07) is 5.79. The second-order valence-corrected chi connectivity index (χ2v) is 5.31. The molecule has 8 nitrogen and oxygen atoms in total. The van der Waals surface area contributed by atoms with Gasteiger partial charge in [-0.3, -0.25) is 19.7 Å². The number of hydrogen-bond acceptors (Lipinski definition) is 5. The minimum atomic E-state index is -1.01. The second-order valence-electron chi connectivity index (χ2n) is 5.31. The first-order chi connectivity index (χ1) is 10.4. The molecule has 1 aliphatic heterocycles. The molecule has 0 aliphatic carbocycles. The monoisotopic (exact) mass is 308 g/mol. The summed E-state index contributed by atoms with van der Waals surface area (Å²) < 4.78 is 5.20. The first kappa shape index (κ1) is 15.9. The Morgan fingerprint density at radius 2 is 2.23 bits per heavy atom. The highest BCUT2D eigenvalue weighted by atomic mass is 16.6. The van der Waals surface area contributed by atoms with Crippen LogP contribution in [-0.2, 0) is 20.7 Å². The third-order valence-electron chi connectivity index (χ3n) is 3.48. The summed E-state index contributed by atoms with van der Waals surface area (Å²) in [5.41, 5.74) is -0.491. The number of amides is 1. The highest BCUT2D eigenvalue weighted by molar-refractivity contribution is 5.80. The Morgan fingerprint density at radius 1 is 1.45 bits per heavy atom. The fourth-order valence-electron chi connectivity index (χ4n) is 2.48. The summed E-state index contributed by atoms with van der Waals surface area (Å²) >= 11 is 0. The molecule has 1 heterocycles. The van der Waals surface area contributed by atoms with E-state index in [9.17, 15) is 19.7 Å². The van der Waals surface area contributed by atoms with Gasteiger partial charge in [0.15, 0.2) is 0 Å². The quantitative estimate of drug-likeness (QED) is 0.595. The molecule has 0 aromatic heterocycles. The number of hydrogen-bond donors (Lipinski definition) is 2. The standard InChI is InChI=1S/C14H16N2O6/c17-12(7-10-2-1-3-11(6-10)16(20)21)15-14(8-13(18)19)4-5-22-9-14/h1-3,6H,4-5,7-9H2,(H,15,17)(H,18,19). The third-order valence-corrected chi connectivity index (χ3v) is 3.48. The van der Waals surface area contributed by atoms with Crippen LogP contribution in [0.25, 0.3) is 0 Å². The average molecular weight is 308 g/mol. The molecule has 1 fully saturated rings. The van der Waals surface area contributed by atoms with E-state index < -0.39 is 16.4 Å². The molecule has 1 unspecified atom stereocenters. The summed E-state index contributed by atoms with van der Waals surface area (Å²) in [5.74, 6) is -1.40. The summed E-state index contributed by atoms with van der Waals surface area (Å²) in [7, 11) is 0. The van der Waals surface area contributed by atoms with Crippen molar-refractivity contribution < 1.29 is 24.4 Å². The number of nitrogens with one attached hydrogen (secondary N) is 1. The summed E-state index contributed by atoms with van der Waals surface area (Å²) in [4.78, 5) is 33.2. The molecule has 0 radical (unpaired) electrons. The molecule has 22 heavy (non-hydrogen) atoms. The van der Waals surface area contributed by atoms with E-state index in [1.54, 1.807) is 6.07 Å². The Labute approximate surface area is 126 Å². The average Bonchev–Trinajstić information content (AvgIpc) is 2.85. The highest BCUT2D eigenvalue weighted by Gasteiger charge is 2.38. The fraction of sp³-hybridized carbons (Fsp3) is 0.429. The maximum absolute atomic E-state index is 12.1. The Morgan fingerprint density at radius 3 is 2.82 bits per heavy atom. The number of carbonyl (C=O) groups excluding carboxylic acids is 1. The number of carboxylic acid groups (broad SMARTS) is 1. The second kappa shape index (κ2) is 6.52. The van der Waals surface area contributed by atoms with Gasteiger partial charge in [0.25, 0.3) is 5.69 Å². The third kappa shape index (κ3) is 4.01. The number of ether oxygens (including phenoxy) is 1. The smallest absolute Gasteiger partial charge is 0.305 e. The zero-order chi connectivity index (χ0) is 16.2. The van der Waals surface area contributed by atoms with Gasteiger partial charge in [-0.2, -0.15) is 0 Å². The van der Waals surface area contributed by atoms with Crippen molar-refractivity contribution in [3.05, 3.63) is 39.9 Å². The van der Waals surface area contributed by atoms with Crippen LogP contribution in [0.15, 0.2) is 24.3 Å². The van der Waals surface area contributed by atoms with Crippen LogP contribution < -0.4 is 5.32 Å². The molecule has 0 saturated carbocycles. The SMILES string of the molecule is O=C(O)CC1(NC(=O)Cc2cccc([N+](=O)[O-])c2)CCOC1. The van der Waals surface area contributed by atoms with E-state index in [1.165, 1.54) is 18.2 Å². The molecule has 8 heteroatoms. The Kier molecular flexibility index (Phi) is 4.71. The van der Waals surface area contributed by atoms with Crippen LogP contribution in [0.1, 0.15) is 18.4 Å². The van der Waals surface area contributed by atoms with Crippen molar-refractivity contribution in [2.45, 2.75) is 24.8 Å². The van der Waals surface area contributed by atoms with Crippen LogP contribution in [0.4, 0.5) is 5.69 Å². The van der Waals surface area contributed by atoms with E-state index in [2.05, 4.69) is 5.32 Å². The number of rotatable bonds is 6. The van der Waals surface area contributed by atoms with Gasteiger partial charge < -0.3 is 15.2 Å². The van der Waals surface area contributed by atoms with Gasteiger partial charge in [-0.25, -0.2) is 0 Å². The van der Waals surface area contributed by atoms with E-state index in [0.29, 0.717) is 18.6 Å². The van der Waals surface area contributed by atoms with Gasteiger partial charge in [0.1, 0.15) is 0 Å². The largest absolute Gasteiger partial charge is 0.481 e. The summed E-state index contributed by atoms with van der Waals surface area (Å²) in [5, 5.41) is 22.4.